The van der Waals surface area contributed by atoms with Gasteiger partial charge in [0.1, 0.15) is 0 Å². The van der Waals surface area contributed by atoms with Crippen molar-refractivity contribution in [2.45, 2.75) is 6.54 Å². The molecule has 1 aromatic heterocycles. The monoisotopic (exact) mass is 258 g/mol. The van der Waals surface area contributed by atoms with E-state index in [0.29, 0.717) is 5.88 Å². The molecule has 68 valence electrons. The summed E-state index contributed by atoms with van der Waals surface area (Å²) in [6.07, 6.45) is 2.00. The van der Waals surface area contributed by atoms with Crippen LogP contribution in [0.1, 0.15) is 0 Å². The predicted molar refractivity (Wildman–Crippen MR) is 58.2 cm³/mol. The van der Waals surface area contributed by atoms with Crippen molar-refractivity contribution in [2.24, 2.45) is 0 Å². The normalized spacial score (nSPS) is 10.9. The van der Waals surface area contributed by atoms with E-state index in [0.717, 1.165) is 21.9 Å². The molecule has 0 N–H and O–H groups in total. The van der Waals surface area contributed by atoms with Crippen LogP contribution >= 0.6 is 27.5 Å². The summed E-state index contributed by atoms with van der Waals surface area (Å²) in [6, 6.07) is 6.03. The summed E-state index contributed by atoms with van der Waals surface area (Å²) in [5.74, 6) is 0.592. The molecule has 1 heterocycles. The molecule has 0 fully saturated rings. The Labute approximate surface area is 89.6 Å². The van der Waals surface area contributed by atoms with Gasteiger partial charge in [0.15, 0.2) is 0 Å². The number of benzene rings is 1. The van der Waals surface area contributed by atoms with Gasteiger partial charge in [0.05, 0.1) is 12.1 Å². The maximum atomic E-state index is 5.62. The van der Waals surface area contributed by atoms with Gasteiger partial charge in [-0.25, -0.2) is 0 Å². The minimum absolute atomic E-state index is 0.592. The molecule has 0 radical (unpaired) electrons. The largest absolute Gasteiger partial charge is 0.270 e. The van der Waals surface area contributed by atoms with Gasteiger partial charge in [-0.05, 0) is 18.2 Å². The number of aryl methyl sites for hydroxylation is 1. The van der Waals surface area contributed by atoms with Crippen molar-refractivity contribution in [1.29, 1.82) is 0 Å². The summed E-state index contributed by atoms with van der Waals surface area (Å²) >= 11 is 9.04. The lowest BCUT2D eigenvalue weighted by Crippen LogP contribution is -1.98. The smallest absolute Gasteiger partial charge is 0.0924 e. The lowest BCUT2D eigenvalue weighted by molar-refractivity contribution is 0.672. The molecule has 0 aliphatic heterocycles. The number of alkyl halides is 1. The van der Waals surface area contributed by atoms with E-state index in [2.05, 4.69) is 21.0 Å². The number of hydrogen-bond donors (Lipinski definition) is 0. The molecule has 0 amide bonds. The molecule has 1 aromatic carbocycles. The minimum Gasteiger partial charge on any atom is -0.270 e. The maximum Gasteiger partial charge on any atom is 0.0924 e. The van der Waals surface area contributed by atoms with Gasteiger partial charge < -0.3 is 0 Å². The fourth-order valence-corrected chi connectivity index (χ4v) is 1.80. The molecule has 0 atom stereocenters. The Hall–Kier alpha value is -0.540. The van der Waals surface area contributed by atoms with E-state index in [1.807, 2.05) is 29.1 Å². The van der Waals surface area contributed by atoms with Crippen LogP contribution in [0.2, 0.25) is 0 Å². The zero-order chi connectivity index (χ0) is 9.26. The number of aromatic nitrogens is 2. The van der Waals surface area contributed by atoms with Crippen molar-refractivity contribution in [2.75, 3.05) is 5.88 Å². The third-order valence-corrected chi connectivity index (χ3v) is 2.49. The number of fused-ring (bicyclic) bond motifs is 1. The fourth-order valence-electron chi connectivity index (χ4n) is 1.25. The molecule has 13 heavy (non-hydrogen) atoms. The van der Waals surface area contributed by atoms with Crippen LogP contribution in [0.4, 0.5) is 0 Å². The number of rotatable bonds is 2. The first-order chi connectivity index (χ1) is 6.29. The van der Waals surface area contributed by atoms with E-state index >= 15 is 0 Å². The third-order valence-electron chi connectivity index (χ3n) is 1.83. The number of hydrogen-bond acceptors (Lipinski definition) is 1. The standard InChI is InChI=1S/C9H8BrClN2/c10-8-1-2-9-7(5-8)6-13(12-9)4-3-11/h1-2,5-6H,3-4H2. The van der Waals surface area contributed by atoms with Crippen molar-refractivity contribution in [3.05, 3.63) is 28.9 Å². The lowest BCUT2D eigenvalue weighted by Gasteiger charge is -1.92. The molecule has 0 saturated carbocycles. The molecule has 2 nitrogen and oxygen atoms in total. The van der Waals surface area contributed by atoms with Crippen molar-refractivity contribution in [1.82, 2.24) is 9.78 Å². The van der Waals surface area contributed by atoms with Crippen LogP contribution < -0.4 is 0 Å². The van der Waals surface area contributed by atoms with E-state index in [-0.39, 0.29) is 0 Å². The van der Waals surface area contributed by atoms with Crippen molar-refractivity contribution >= 4 is 38.4 Å². The van der Waals surface area contributed by atoms with Crippen LogP contribution in [-0.4, -0.2) is 15.7 Å². The van der Waals surface area contributed by atoms with Crippen LogP contribution in [-0.2, 0) is 6.54 Å². The SMILES string of the molecule is ClCCn1cc2cc(Br)ccc2n1. The molecular weight excluding hydrogens is 251 g/mol. The van der Waals surface area contributed by atoms with Gasteiger partial charge >= 0.3 is 0 Å². The highest BCUT2D eigenvalue weighted by atomic mass is 79.9. The highest BCUT2D eigenvalue weighted by Gasteiger charge is 1.99. The van der Waals surface area contributed by atoms with Crippen LogP contribution in [0.5, 0.6) is 0 Å². The molecule has 0 aliphatic rings. The van der Waals surface area contributed by atoms with Gasteiger partial charge in [0.25, 0.3) is 0 Å². The molecular formula is C9H8BrClN2. The fraction of sp³-hybridized carbons (Fsp3) is 0.222. The molecule has 0 spiro atoms. The second kappa shape index (κ2) is 3.68. The van der Waals surface area contributed by atoms with E-state index in [1.54, 1.807) is 0 Å². The lowest BCUT2D eigenvalue weighted by atomic mass is 10.3. The highest BCUT2D eigenvalue weighted by molar-refractivity contribution is 9.10. The van der Waals surface area contributed by atoms with Crippen molar-refractivity contribution in [3.8, 4) is 0 Å². The molecule has 0 bridgehead atoms. The Morgan fingerprint density at radius 2 is 2.31 bits per heavy atom. The minimum atomic E-state index is 0.592. The van der Waals surface area contributed by atoms with Crippen LogP contribution in [0.25, 0.3) is 10.9 Å². The highest BCUT2D eigenvalue weighted by Crippen LogP contribution is 2.18. The summed E-state index contributed by atoms with van der Waals surface area (Å²) in [5, 5.41) is 5.49. The molecule has 0 aliphatic carbocycles. The summed E-state index contributed by atoms with van der Waals surface area (Å²) < 4.78 is 2.94. The topological polar surface area (TPSA) is 17.8 Å². The maximum absolute atomic E-state index is 5.62. The first-order valence-corrected chi connectivity index (χ1v) is 5.31. The zero-order valence-electron chi connectivity index (χ0n) is 6.87. The van der Waals surface area contributed by atoms with E-state index in [4.69, 9.17) is 11.6 Å². The Morgan fingerprint density at radius 1 is 1.46 bits per heavy atom. The molecule has 2 rings (SSSR count). The van der Waals surface area contributed by atoms with Crippen LogP contribution in [0.15, 0.2) is 28.9 Å². The van der Waals surface area contributed by atoms with Crippen molar-refractivity contribution in [3.63, 3.8) is 0 Å². The quantitative estimate of drug-likeness (QED) is 0.758. The number of halogens is 2. The predicted octanol–water partition coefficient (Wildman–Crippen LogP) is 3.04. The zero-order valence-corrected chi connectivity index (χ0v) is 9.22. The first kappa shape index (κ1) is 9.03. The summed E-state index contributed by atoms with van der Waals surface area (Å²) in [4.78, 5) is 0. The van der Waals surface area contributed by atoms with E-state index < -0.39 is 0 Å². The first-order valence-electron chi connectivity index (χ1n) is 3.98. The average Bonchev–Trinajstić information content (AvgIpc) is 2.46. The van der Waals surface area contributed by atoms with Gasteiger partial charge in [-0.1, -0.05) is 15.9 Å². The van der Waals surface area contributed by atoms with E-state index in [1.165, 1.54) is 0 Å². The van der Waals surface area contributed by atoms with Crippen molar-refractivity contribution < 1.29 is 0 Å². The number of nitrogens with zero attached hydrogens (tertiary/aromatic N) is 2. The Balaban J connectivity index is 2.49. The molecule has 4 heteroatoms. The van der Waals surface area contributed by atoms with Gasteiger partial charge in [-0.2, -0.15) is 5.10 Å². The Bertz CT molecular complexity index is 424. The summed E-state index contributed by atoms with van der Waals surface area (Å²) in [7, 11) is 0. The molecule has 0 unspecified atom stereocenters. The van der Waals surface area contributed by atoms with Gasteiger partial charge in [-0.3, -0.25) is 4.68 Å². The Morgan fingerprint density at radius 3 is 3.08 bits per heavy atom. The van der Waals surface area contributed by atoms with E-state index in [9.17, 15) is 0 Å². The Kier molecular flexibility index (Phi) is 2.56. The second-order valence-corrected chi connectivity index (χ2v) is 4.08. The molecule has 0 saturated heterocycles. The van der Waals surface area contributed by atoms with Gasteiger partial charge in [0.2, 0.25) is 0 Å². The third kappa shape index (κ3) is 1.86. The van der Waals surface area contributed by atoms with Crippen LogP contribution in [0.3, 0.4) is 0 Å². The van der Waals surface area contributed by atoms with Gasteiger partial charge in [-0.15, -0.1) is 11.6 Å². The summed E-state index contributed by atoms with van der Waals surface area (Å²) in [6.45, 7) is 0.758. The second-order valence-electron chi connectivity index (χ2n) is 2.78. The average molecular weight is 260 g/mol. The van der Waals surface area contributed by atoms with Crippen LogP contribution in [0, 0.1) is 0 Å². The summed E-state index contributed by atoms with van der Waals surface area (Å²) in [5.41, 5.74) is 1.01. The van der Waals surface area contributed by atoms with Gasteiger partial charge in [0, 0.05) is 21.9 Å². The molecule has 2 aromatic rings.